The predicted octanol–water partition coefficient (Wildman–Crippen LogP) is 0.217. The lowest BCUT2D eigenvalue weighted by molar-refractivity contribution is -0.137. The summed E-state index contributed by atoms with van der Waals surface area (Å²) in [5.74, 6) is -0.859. The van der Waals surface area contributed by atoms with Crippen LogP contribution >= 0.6 is 0 Å². The number of hydrogen-bond donors (Lipinski definition) is 1. The molecule has 0 aliphatic carbocycles. The van der Waals surface area contributed by atoms with E-state index in [0.717, 1.165) is 0 Å². The highest BCUT2D eigenvalue weighted by Crippen LogP contribution is 2.15. The van der Waals surface area contributed by atoms with Crippen molar-refractivity contribution in [1.82, 2.24) is 9.80 Å². The summed E-state index contributed by atoms with van der Waals surface area (Å²) >= 11 is 0. The highest BCUT2D eigenvalue weighted by Gasteiger charge is 2.34. The molecule has 0 aromatic heterocycles. The number of aliphatic carboxylic acids is 1. The fourth-order valence-electron chi connectivity index (χ4n) is 1.50. The molecule has 2 amide bonds. The largest absolute Gasteiger partial charge is 0.481 e. The Labute approximate surface area is 76.9 Å². The van der Waals surface area contributed by atoms with Crippen LogP contribution in [0.3, 0.4) is 0 Å². The van der Waals surface area contributed by atoms with Gasteiger partial charge in [0.1, 0.15) is 0 Å². The molecular weight excluding hydrogens is 172 g/mol. The zero-order chi connectivity index (χ0) is 10.0. The van der Waals surface area contributed by atoms with Crippen molar-refractivity contribution in [1.29, 1.82) is 0 Å². The van der Waals surface area contributed by atoms with Crippen molar-refractivity contribution in [2.75, 3.05) is 20.1 Å². The van der Waals surface area contributed by atoms with Gasteiger partial charge in [-0.05, 0) is 6.92 Å². The van der Waals surface area contributed by atoms with Crippen molar-refractivity contribution < 1.29 is 14.7 Å². The first kappa shape index (κ1) is 9.83. The second kappa shape index (κ2) is 3.64. The third-order valence-electron chi connectivity index (χ3n) is 2.34. The van der Waals surface area contributed by atoms with Crippen LogP contribution in [0.4, 0.5) is 4.79 Å². The topological polar surface area (TPSA) is 60.9 Å². The molecule has 0 radical (unpaired) electrons. The van der Waals surface area contributed by atoms with Crippen molar-refractivity contribution in [3.63, 3.8) is 0 Å². The summed E-state index contributed by atoms with van der Waals surface area (Å²) in [5.41, 5.74) is 0. The second-order valence-corrected chi connectivity index (χ2v) is 3.18. The average molecular weight is 186 g/mol. The van der Waals surface area contributed by atoms with Crippen molar-refractivity contribution in [3.05, 3.63) is 0 Å². The van der Waals surface area contributed by atoms with Crippen LogP contribution in [0, 0.1) is 0 Å². The Morgan fingerprint density at radius 3 is 2.69 bits per heavy atom. The third kappa shape index (κ3) is 1.91. The molecule has 74 valence electrons. The van der Waals surface area contributed by atoms with Gasteiger partial charge in [0.15, 0.2) is 0 Å². The molecule has 0 saturated carbocycles. The molecule has 1 atom stereocenters. The Kier molecular flexibility index (Phi) is 2.75. The Balaban J connectivity index is 2.60. The normalized spacial score (nSPS) is 22.6. The van der Waals surface area contributed by atoms with Gasteiger partial charge in [0.25, 0.3) is 0 Å². The monoisotopic (exact) mass is 186 g/mol. The molecule has 1 aliphatic rings. The quantitative estimate of drug-likeness (QED) is 0.685. The summed E-state index contributed by atoms with van der Waals surface area (Å²) < 4.78 is 0. The van der Waals surface area contributed by atoms with Crippen molar-refractivity contribution in [2.45, 2.75) is 19.4 Å². The summed E-state index contributed by atoms with van der Waals surface area (Å²) in [6.07, 6.45) is 0.0265. The number of amides is 2. The van der Waals surface area contributed by atoms with Gasteiger partial charge in [-0.2, -0.15) is 0 Å². The standard InChI is InChI=1S/C8H14N2O3/c1-3-10-5-6(4-7(11)12)9(2)8(10)13/h6H,3-5H2,1-2H3,(H,11,12). The van der Waals surface area contributed by atoms with Gasteiger partial charge in [-0.25, -0.2) is 4.79 Å². The van der Waals surface area contributed by atoms with Gasteiger partial charge in [0, 0.05) is 20.1 Å². The van der Waals surface area contributed by atoms with Gasteiger partial charge in [-0.3, -0.25) is 4.79 Å². The molecule has 1 N–H and O–H groups in total. The predicted molar refractivity (Wildman–Crippen MR) is 46.4 cm³/mol. The van der Waals surface area contributed by atoms with E-state index in [0.29, 0.717) is 13.1 Å². The number of rotatable bonds is 3. The van der Waals surface area contributed by atoms with Crippen LogP contribution in [-0.4, -0.2) is 53.1 Å². The molecule has 1 heterocycles. The molecule has 1 fully saturated rings. The van der Waals surface area contributed by atoms with Crippen LogP contribution in [0.2, 0.25) is 0 Å². The number of likely N-dealkylation sites (N-methyl/N-ethyl adjacent to an activating group) is 2. The maximum absolute atomic E-state index is 11.4. The van der Waals surface area contributed by atoms with Crippen molar-refractivity contribution in [3.8, 4) is 0 Å². The Bertz CT molecular complexity index is 229. The average Bonchev–Trinajstić information content (AvgIpc) is 2.32. The van der Waals surface area contributed by atoms with Gasteiger partial charge in [-0.15, -0.1) is 0 Å². The molecule has 0 spiro atoms. The summed E-state index contributed by atoms with van der Waals surface area (Å²) in [4.78, 5) is 25.0. The van der Waals surface area contributed by atoms with Gasteiger partial charge in [0.2, 0.25) is 0 Å². The van der Waals surface area contributed by atoms with Crippen LogP contribution in [0.5, 0.6) is 0 Å². The van der Waals surface area contributed by atoms with E-state index < -0.39 is 5.97 Å². The first-order valence-corrected chi connectivity index (χ1v) is 4.29. The minimum Gasteiger partial charge on any atom is -0.481 e. The number of carboxylic acid groups (broad SMARTS) is 1. The number of carbonyl (C=O) groups is 2. The Hall–Kier alpha value is -1.26. The van der Waals surface area contributed by atoms with E-state index in [9.17, 15) is 9.59 Å². The molecule has 1 saturated heterocycles. The fraction of sp³-hybridized carbons (Fsp3) is 0.750. The fourth-order valence-corrected chi connectivity index (χ4v) is 1.50. The van der Waals surface area contributed by atoms with E-state index in [1.54, 1.807) is 11.9 Å². The minimum absolute atomic E-state index is 0.0265. The highest BCUT2D eigenvalue weighted by molar-refractivity contribution is 5.78. The molecule has 1 rings (SSSR count). The number of nitrogens with zero attached hydrogens (tertiary/aromatic N) is 2. The summed E-state index contributed by atoms with van der Waals surface area (Å²) in [7, 11) is 1.64. The summed E-state index contributed by atoms with van der Waals surface area (Å²) in [6.45, 7) is 3.05. The lowest BCUT2D eigenvalue weighted by atomic mass is 10.2. The van der Waals surface area contributed by atoms with Crippen LogP contribution in [0.1, 0.15) is 13.3 Å². The molecule has 5 heteroatoms. The SMILES string of the molecule is CCN1CC(CC(=O)O)N(C)C1=O. The van der Waals surface area contributed by atoms with E-state index in [4.69, 9.17) is 5.11 Å². The van der Waals surface area contributed by atoms with E-state index in [-0.39, 0.29) is 18.5 Å². The number of carbonyl (C=O) groups excluding carboxylic acids is 1. The number of urea groups is 1. The number of hydrogen-bond acceptors (Lipinski definition) is 2. The Morgan fingerprint density at radius 1 is 1.69 bits per heavy atom. The van der Waals surface area contributed by atoms with Crippen molar-refractivity contribution in [2.24, 2.45) is 0 Å². The van der Waals surface area contributed by atoms with Gasteiger partial charge in [-0.1, -0.05) is 0 Å². The lowest BCUT2D eigenvalue weighted by Crippen LogP contribution is -2.32. The molecule has 0 aromatic rings. The highest BCUT2D eigenvalue weighted by atomic mass is 16.4. The van der Waals surface area contributed by atoms with Gasteiger partial charge in [0.05, 0.1) is 12.5 Å². The molecule has 0 bridgehead atoms. The molecule has 1 aliphatic heterocycles. The zero-order valence-electron chi connectivity index (χ0n) is 7.86. The third-order valence-corrected chi connectivity index (χ3v) is 2.34. The van der Waals surface area contributed by atoms with E-state index >= 15 is 0 Å². The molecule has 1 unspecified atom stereocenters. The van der Waals surface area contributed by atoms with Crippen LogP contribution in [0.25, 0.3) is 0 Å². The van der Waals surface area contributed by atoms with Crippen LogP contribution in [0.15, 0.2) is 0 Å². The maximum atomic E-state index is 11.4. The summed E-state index contributed by atoms with van der Waals surface area (Å²) in [6, 6.07) is -0.251. The molecule has 0 aromatic carbocycles. The first-order valence-electron chi connectivity index (χ1n) is 4.29. The van der Waals surface area contributed by atoms with E-state index in [1.807, 2.05) is 6.92 Å². The lowest BCUT2D eigenvalue weighted by Gasteiger charge is -2.15. The van der Waals surface area contributed by atoms with Crippen molar-refractivity contribution >= 4 is 12.0 Å². The molecule has 13 heavy (non-hydrogen) atoms. The second-order valence-electron chi connectivity index (χ2n) is 3.18. The first-order chi connectivity index (χ1) is 6.06. The smallest absolute Gasteiger partial charge is 0.320 e. The maximum Gasteiger partial charge on any atom is 0.320 e. The molecule has 5 nitrogen and oxygen atoms in total. The Morgan fingerprint density at radius 2 is 2.31 bits per heavy atom. The van der Waals surface area contributed by atoms with Gasteiger partial charge < -0.3 is 14.9 Å². The van der Waals surface area contributed by atoms with E-state index in [2.05, 4.69) is 0 Å². The zero-order valence-corrected chi connectivity index (χ0v) is 7.86. The molecular formula is C8H14N2O3. The van der Waals surface area contributed by atoms with Crippen LogP contribution in [-0.2, 0) is 4.79 Å². The summed E-state index contributed by atoms with van der Waals surface area (Å²) in [5, 5.41) is 8.58. The van der Waals surface area contributed by atoms with E-state index in [1.165, 1.54) is 4.90 Å². The number of carboxylic acids is 1. The van der Waals surface area contributed by atoms with Crippen LogP contribution < -0.4 is 0 Å². The minimum atomic E-state index is -0.859. The van der Waals surface area contributed by atoms with Gasteiger partial charge >= 0.3 is 12.0 Å².